The van der Waals surface area contributed by atoms with Gasteiger partial charge >= 0.3 is 6.09 Å². The van der Waals surface area contributed by atoms with Gasteiger partial charge in [-0.05, 0) is 24.6 Å². The number of aromatic nitrogens is 1. The van der Waals surface area contributed by atoms with Gasteiger partial charge in [0.05, 0.1) is 5.69 Å². The second-order valence-corrected chi connectivity index (χ2v) is 5.55. The summed E-state index contributed by atoms with van der Waals surface area (Å²) < 4.78 is 5.11. The molecule has 26 heavy (non-hydrogen) atoms. The summed E-state index contributed by atoms with van der Waals surface area (Å²) in [4.78, 5) is 26.9. The van der Waals surface area contributed by atoms with Crippen molar-refractivity contribution < 1.29 is 14.3 Å². The number of ether oxygens (including phenoxy) is 1. The van der Waals surface area contributed by atoms with E-state index in [9.17, 15) is 9.59 Å². The highest BCUT2D eigenvalue weighted by Gasteiger charge is 2.02. The molecule has 0 atom stereocenters. The minimum Gasteiger partial charge on any atom is -0.445 e. The van der Waals surface area contributed by atoms with Gasteiger partial charge in [0.25, 0.3) is 0 Å². The topological polar surface area (TPSA) is 80.3 Å². The Labute approximate surface area is 153 Å². The lowest BCUT2D eigenvalue weighted by molar-refractivity contribution is -0.114. The zero-order valence-electron chi connectivity index (χ0n) is 14.8. The molecular weight excluding hydrogens is 330 g/mol. The summed E-state index contributed by atoms with van der Waals surface area (Å²) in [5.41, 5.74) is 2.46. The van der Waals surface area contributed by atoms with E-state index in [1.165, 1.54) is 6.92 Å². The first kappa shape index (κ1) is 19.0. The number of aryl methyl sites for hydroxylation is 1. The van der Waals surface area contributed by atoms with E-state index in [0.29, 0.717) is 18.8 Å². The van der Waals surface area contributed by atoms with Crippen LogP contribution in [-0.4, -0.2) is 23.5 Å². The fourth-order valence-corrected chi connectivity index (χ4v) is 2.10. The number of nitrogens with one attached hydrogen (secondary N) is 2. The maximum absolute atomic E-state index is 11.6. The van der Waals surface area contributed by atoms with Crippen molar-refractivity contribution in [3.63, 3.8) is 0 Å². The van der Waals surface area contributed by atoms with Crippen LogP contribution in [0.3, 0.4) is 0 Å². The fraction of sp³-hybridized carbons (Fsp3) is 0.250. The van der Waals surface area contributed by atoms with Crippen LogP contribution in [-0.2, 0) is 16.1 Å². The van der Waals surface area contributed by atoms with E-state index in [1.807, 2.05) is 43.3 Å². The second kappa shape index (κ2) is 9.84. The van der Waals surface area contributed by atoms with Crippen LogP contribution < -0.4 is 10.6 Å². The molecule has 0 fully saturated rings. The molecule has 6 nitrogen and oxygen atoms in total. The Morgan fingerprint density at radius 3 is 2.62 bits per heavy atom. The highest BCUT2D eigenvalue weighted by atomic mass is 16.5. The third-order valence-electron chi connectivity index (χ3n) is 3.35. The van der Waals surface area contributed by atoms with E-state index in [2.05, 4.69) is 27.5 Å². The van der Waals surface area contributed by atoms with Gasteiger partial charge in [0.2, 0.25) is 5.91 Å². The highest BCUT2D eigenvalue weighted by Crippen LogP contribution is 2.09. The minimum atomic E-state index is -0.465. The molecule has 0 aliphatic heterocycles. The number of alkyl carbamates (subject to hydrolysis) is 1. The molecule has 0 aliphatic carbocycles. The molecule has 0 saturated heterocycles. The number of anilines is 1. The van der Waals surface area contributed by atoms with Crippen LogP contribution in [0.4, 0.5) is 10.6 Å². The summed E-state index contributed by atoms with van der Waals surface area (Å²) in [6.07, 6.45) is 0.0287. The molecule has 0 unspecified atom stereocenters. The van der Waals surface area contributed by atoms with Crippen LogP contribution in [0.15, 0.2) is 42.5 Å². The number of hydrogen-bond acceptors (Lipinski definition) is 4. The predicted molar refractivity (Wildman–Crippen MR) is 99.4 cm³/mol. The lowest BCUT2D eigenvalue weighted by Crippen LogP contribution is -2.24. The van der Waals surface area contributed by atoms with E-state index in [1.54, 1.807) is 6.07 Å². The minimum absolute atomic E-state index is 0.166. The Kier molecular flexibility index (Phi) is 7.19. The maximum Gasteiger partial charge on any atom is 0.407 e. The smallest absolute Gasteiger partial charge is 0.407 e. The molecule has 0 bridgehead atoms. The van der Waals surface area contributed by atoms with Crippen molar-refractivity contribution in [1.82, 2.24) is 10.3 Å². The largest absolute Gasteiger partial charge is 0.445 e. The first-order valence-corrected chi connectivity index (χ1v) is 8.23. The van der Waals surface area contributed by atoms with Crippen molar-refractivity contribution in [3.8, 4) is 11.8 Å². The highest BCUT2D eigenvalue weighted by molar-refractivity contribution is 5.87. The van der Waals surface area contributed by atoms with Crippen molar-refractivity contribution in [2.75, 3.05) is 11.9 Å². The van der Waals surface area contributed by atoms with E-state index < -0.39 is 6.09 Å². The fourth-order valence-electron chi connectivity index (χ4n) is 2.10. The van der Waals surface area contributed by atoms with Crippen molar-refractivity contribution in [2.24, 2.45) is 0 Å². The zero-order chi connectivity index (χ0) is 18.8. The molecule has 0 spiro atoms. The third-order valence-corrected chi connectivity index (χ3v) is 3.35. The molecule has 0 saturated carbocycles. The first-order chi connectivity index (χ1) is 12.5. The summed E-state index contributed by atoms with van der Waals surface area (Å²) in [7, 11) is 0. The van der Waals surface area contributed by atoms with Gasteiger partial charge in [0.15, 0.2) is 0 Å². The van der Waals surface area contributed by atoms with Crippen LogP contribution in [0.25, 0.3) is 0 Å². The van der Waals surface area contributed by atoms with Crippen LogP contribution in [0, 0.1) is 18.8 Å². The van der Waals surface area contributed by atoms with Crippen molar-refractivity contribution >= 4 is 17.8 Å². The molecule has 2 rings (SSSR count). The molecule has 2 amide bonds. The summed E-state index contributed by atoms with van der Waals surface area (Å²) in [5.74, 6) is 6.33. The second-order valence-electron chi connectivity index (χ2n) is 5.55. The molecule has 2 N–H and O–H groups in total. The Hall–Kier alpha value is -3.33. The molecule has 1 aromatic heterocycles. The Morgan fingerprint density at radius 2 is 1.92 bits per heavy atom. The van der Waals surface area contributed by atoms with Gasteiger partial charge < -0.3 is 15.4 Å². The van der Waals surface area contributed by atoms with E-state index >= 15 is 0 Å². The normalized spacial score (nSPS) is 9.62. The quantitative estimate of drug-likeness (QED) is 0.641. The van der Waals surface area contributed by atoms with Crippen LogP contribution in [0.5, 0.6) is 0 Å². The number of pyridine rings is 1. The number of rotatable bonds is 5. The lowest BCUT2D eigenvalue weighted by Gasteiger charge is -2.05. The molecule has 1 heterocycles. The molecule has 6 heteroatoms. The number of benzene rings is 1. The SMILES string of the molecule is CC(=O)Nc1ccc(C#CCCNC(=O)OCc2ccccc2)c(C)n1. The van der Waals surface area contributed by atoms with Crippen LogP contribution >= 0.6 is 0 Å². The van der Waals surface area contributed by atoms with Crippen LogP contribution in [0.1, 0.15) is 30.2 Å². The third kappa shape index (κ3) is 6.65. The monoisotopic (exact) mass is 351 g/mol. The molecular formula is C20H21N3O3. The Balaban J connectivity index is 1.73. The number of amides is 2. The van der Waals surface area contributed by atoms with Crippen molar-refractivity contribution in [1.29, 1.82) is 0 Å². The van der Waals surface area contributed by atoms with E-state index in [0.717, 1.165) is 16.8 Å². The standard InChI is InChI=1S/C20H21N3O3/c1-15-18(11-12-19(22-15)23-16(2)24)10-6-7-13-21-20(25)26-14-17-8-4-3-5-9-17/h3-5,8-9,11-12H,7,13-14H2,1-2H3,(H,21,25)(H,22,23,24). The lowest BCUT2D eigenvalue weighted by atomic mass is 10.2. The van der Waals surface area contributed by atoms with Gasteiger partial charge in [-0.25, -0.2) is 9.78 Å². The van der Waals surface area contributed by atoms with Crippen LogP contribution in [0.2, 0.25) is 0 Å². The number of hydrogen-bond donors (Lipinski definition) is 2. The zero-order valence-corrected chi connectivity index (χ0v) is 14.8. The van der Waals surface area contributed by atoms with Gasteiger partial charge in [0, 0.05) is 25.5 Å². The number of nitrogens with zero attached hydrogens (tertiary/aromatic N) is 1. The number of carbonyl (C=O) groups is 2. The van der Waals surface area contributed by atoms with Gasteiger partial charge in [0.1, 0.15) is 12.4 Å². The summed E-state index contributed by atoms with van der Waals surface area (Å²) in [6, 6.07) is 13.0. The van der Waals surface area contributed by atoms with Gasteiger partial charge in [-0.3, -0.25) is 4.79 Å². The average molecular weight is 351 g/mol. The maximum atomic E-state index is 11.6. The molecule has 134 valence electrons. The van der Waals surface area contributed by atoms with Gasteiger partial charge in [-0.2, -0.15) is 0 Å². The summed E-state index contributed by atoms with van der Waals surface area (Å²) >= 11 is 0. The first-order valence-electron chi connectivity index (χ1n) is 8.23. The van der Waals surface area contributed by atoms with E-state index in [-0.39, 0.29) is 12.5 Å². The molecule has 0 radical (unpaired) electrons. The molecule has 1 aromatic carbocycles. The Morgan fingerprint density at radius 1 is 1.15 bits per heavy atom. The predicted octanol–water partition coefficient (Wildman–Crippen LogP) is 3.02. The van der Waals surface area contributed by atoms with Gasteiger partial charge in [-0.1, -0.05) is 42.2 Å². The van der Waals surface area contributed by atoms with Crippen molar-refractivity contribution in [2.45, 2.75) is 26.9 Å². The Bertz CT molecular complexity index is 823. The molecule has 0 aliphatic rings. The summed E-state index contributed by atoms with van der Waals surface area (Å²) in [5, 5.41) is 5.28. The number of carbonyl (C=O) groups excluding carboxylic acids is 2. The van der Waals surface area contributed by atoms with E-state index in [4.69, 9.17) is 4.74 Å². The molecule has 2 aromatic rings. The van der Waals surface area contributed by atoms with Crippen molar-refractivity contribution in [3.05, 3.63) is 59.3 Å². The summed E-state index contributed by atoms with van der Waals surface area (Å²) in [6.45, 7) is 3.90. The van der Waals surface area contributed by atoms with Gasteiger partial charge in [-0.15, -0.1) is 0 Å². The average Bonchev–Trinajstić information content (AvgIpc) is 2.61.